The monoisotopic (exact) mass is 381 g/mol. The van der Waals surface area contributed by atoms with E-state index >= 15 is 0 Å². The number of hydrogen-bond acceptors (Lipinski definition) is 2. The van der Waals surface area contributed by atoms with Crippen LogP contribution in [0.15, 0.2) is 18.2 Å². The van der Waals surface area contributed by atoms with Crippen molar-refractivity contribution in [3.05, 3.63) is 32.4 Å². The van der Waals surface area contributed by atoms with Crippen LogP contribution in [0.4, 0.5) is 0 Å². The van der Waals surface area contributed by atoms with Crippen molar-refractivity contribution in [2.24, 2.45) is 0 Å². The molecule has 1 saturated heterocycles. The summed E-state index contributed by atoms with van der Waals surface area (Å²) in [7, 11) is 0. The van der Waals surface area contributed by atoms with Crippen molar-refractivity contribution in [1.82, 2.24) is 5.32 Å². The van der Waals surface area contributed by atoms with Gasteiger partial charge in [0.15, 0.2) is 0 Å². The lowest BCUT2D eigenvalue weighted by molar-refractivity contribution is 0.0935. The van der Waals surface area contributed by atoms with E-state index in [9.17, 15) is 4.79 Å². The van der Waals surface area contributed by atoms with Gasteiger partial charge in [-0.1, -0.05) is 11.6 Å². The molecule has 0 atom stereocenters. The third-order valence-corrected chi connectivity index (χ3v) is 5.36. The molecule has 0 aromatic heterocycles. The van der Waals surface area contributed by atoms with E-state index in [0.29, 0.717) is 16.6 Å². The molecule has 92 valence electrons. The maximum absolute atomic E-state index is 12.0. The fourth-order valence-electron chi connectivity index (χ4n) is 1.75. The van der Waals surface area contributed by atoms with Crippen LogP contribution >= 0.6 is 46.0 Å². The van der Waals surface area contributed by atoms with Crippen LogP contribution in [-0.4, -0.2) is 23.5 Å². The number of thioether (sulfide) groups is 1. The highest BCUT2D eigenvalue weighted by atomic mass is 127. The Hall–Kier alpha value is 0.0600. The molecule has 0 aliphatic carbocycles. The summed E-state index contributed by atoms with van der Waals surface area (Å²) in [5.41, 5.74) is 0.647. The Morgan fingerprint density at radius 1 is 1.41 bits per heavy atom. The average Bonchev–Trinajstić information content (AvgIpc) is 2.34. The van der Waals surface area contributed by atoms with Gasteiger partial charge in [-0.25, -0.2) is 0 Å². The molecule has 1 aliphatic rings. The molecule has 1 aromatic rings. The minimum atomic E-state index is -0.0137. The van der Waals surface area contributed by atoms with Gasteiger partial charge in [-0.05, 0) is 65.1 Å². The van der Waals surface area contributed by atoms with Gasteiger partial charge in [0.1, 0.15) is 0 Å². The number of halogens is 2. The Bertz CT molecular complexity index is 421. The highest BCUT2D eigenvalue weighted by Gasteiger charge is 2.17. The first-order valence-electron chi connectivity index (χ1n) is 5.50. The van der Waals surface area contributed by atoms with Gasteiger partial charge in [0.05, 0.1) is 5.02 Å². The zero-order valence-corrected chi connectivity index (χ0v) is 12.9. The molecule has 0 spiro atoms. The van der Waals surface area contributed by atoms with Gasteiger partial charge in [-0.15, -0.1) is 0 Å². The van der Waals surface area contributed by atoms with Crippen molar-refractivity contribution in [1.29, 1.82) is 0 Å². The van der Waals surface area contributed by atoms with E-state index in [0.717, 1.165) is 27.9 Å². The van der Waals surface area contributed by atoms with Gasteiger partial charge in [-0.2, -0.15) is 11.8 Å². The van der Waals surface area contributed by atoms with Crippen molar-refractivity contribution in [2.45, 2.75) is 18.9 Å². The molecule has 2 rings (SSSR count). The van der Waals surface area contributed by atoms with E-state index in [4.69, 9.17) is 11.6 Å². The second-order valence-electron chi connectivity index (χ2n) is 3.99. The van der Waals surface area contributed by atoms with E-state index in [1.165, 1.54) is 0 Å². The first-order chi connectivity index (χ1) is 8.16. The van der Waals surface area contributed by atoms with Crippen molar-refractivity contribution >= 4 is 51.9 Å². The lowest BCUT2D eigenvalue weighted by atomic mass is 10.1. The van der Waals surface area contributed by atoms with Crippen molar-refractivity contribution in [3.8, 4) is 0 Å². The number of hydrogen-bond donors (Lipinski definition) is 1. The minimum absolute atomic E-state index is 0.0137. The maximum Gasteiger partial charge on any atom is 0.251 e. The second-order valence-corrected chi connectivity index (χ2v) is 6.78. The van der Waals surface area contributed by atoms with E-state index in [1.807, 2.05) is 23.9 Å². The Morgan fingerprint density at radius 2 is 2.12 bits per heavy atom. The first kappa shape index (κ1) is 13.5. The molecule has 2 nitrogen and oxygen atoms in total. The predicted octanol–water partition coefficient (Wildman–Crippen LogP) is 3.57. The summed E-state index contributed by atoms with van der Waals surface area (Å²) in [6, 6.07) is 5.74. The predicted molar refractivity (Wildman–Crippen MR) is 82.0 cm³/mol. The van der Waals surface area contributed by atoms with Crippen molar-refractivity contribution in [2.75, 3.05) is 11.5 Å². The molecular weight excluding hydrogens is 369 g/mol. The van der Waals surface area contributed by atoms with Crippen LogP contribution in [0.3, 0.4) is 0 Å². The molecular formula is C12H13ClINOS. The van der Waals surface area contributed by atoms with Crippen LogP contribution in [0.2, 0.25) is 5.02 Å². The van der Waals surface area contributed by atoms with Crippen molar-refractivity contribution in [3.63, 3.8) is 0 Å². The Morgan fingerprint density at radius 3 is 2.76 bits per heavy atom. The molecule has 5 heteroatoms. The summed E-state index contributed by atoms with van der Waals surface area (Å²) in [4.78, 5) is 12.0. The Labute approximate surface area is 124 Å². The summed E-state index contributed by atoms with van der Waals surface area (Å²) < 4.78 is 0.967. The summed E-state index contributed by atoms with van der Waals surface area (Å²) in [5.74, 6) is 2.26. The molecule has 1 aromatic carbocycles. The normalized spacial score (nSPS) is 16.8. The summed E-state index contributed by atoms with van der Waals surface area (Å²) in [6.45, 7) is 0. The number of rotatable bonds is 2. The average molecular weight is 382 g/mol. The standard InChI is InChI=1S/C12H13ClINOS/c13-10-7-8(1-2-11(10)14)12(16)15-9-3-5-17-6-4-9/h1-2,7,9H,3-6H2,(H,15,16). The number of amides is 1. The lowest BCUT2D eigenvalue weighted by Crippen LogP contribution is -2.37. The Balaban J connectivity index is 2.01. The molecule has 1 N–H and O–H groups in total. The lowest BCUT2D eigenvalue weighted by Gasteiger charge is -2.22. The van der Waals surface area contributed by atoms with E-state index in [1.54, 1.807) is 6.07 Å². The second kappa shape index (κ2) is 6.29. The van der Waals surface area contributed by atoms with Crippen LogP contribution in [0.1, 0.15) is 23.2 Å². The summed E-state index contributed by atoms with van der Waals surface area (Å²) in [6.07, 6.45) is 2.13. The van der Waals surface area contributed by atoms with Crippen LogP contribution in [0, 0.1) is 3.57 Å². The highest BCUT2D eigenvalue weighted by molar-refractivity contribution is 14.1. The van der Waals surface area contributed by atoms with Crippen LogP contribution in [0.5, 0.6) is 0 Å². The molecule has 1 aliphatic heterocycles. The summed E-state index contributed by atoms with van der Waals surface area (Å²) >= 11 is 10.1. The zero-order chi connectivity index (χ0) is 12.3. The number of benzene rings is 1. The number of carbonyl (C=O) groups excluding carboxylic acids is 1. The van der Waals surface area contributed by atoms with Crippen LogP contribution < -0.4 is 5.32 Å². The molecule has 0 saturated carbocycles. The fraction of sp³-hybridized carbons (Fsp3) is 0.417. The van der Waals surface area contributed by atoms with Gasteiger partial charge < -0.3 is 5.32 Å². The van der Waals surface area contributed by atoms with Gasteiger partial charge >= 0.3 is 0 Å². The summed E-state index contributed by atoms with van der Waals surface area (Å²) in [5, 5.41) is 3.70. The van der Waals surface area contributed by atoms with Gasteiger partial charge in [0.25, 0.3) is 5.91 Å². The highest BCUT2D eigenvalue weighted by Crippen LogP contribution is 2.21. The van der Waals surface area contributed by atoms with Crippen LogP contribution in [0.25, 0.3) is 0 Å². The van der Waals surface area contributed by atoms with Gasteiger partial charge in [-0.3, -0.25) is 4.79 Å². The first-order valence-corrected chi connectivity index (χ1v) is 8.11. The fourth-order valence-corrected chi connectivity index (χ4v) is 3.37. The molecule has 0 radical (unpaired) electrons. The third-order valence-electron chi connectivity index (χ3n) is 2.74. The third kappa shape index (κ3) is 3.76. The molecule has 1 fully saturated rings. The smallest absolute Gasteiger partial charge is 0.251 e. The molecule has 1 heterocycles. The molecule has 1 amide bonds. The zero-order valence-electron chi connectivity index (χ0n) is 9.21. The van der Waals surface area contributed by atoms with E-state index in [-0.39, 0.29) is 5.91 Å². The van der Waals surface area contributed by atoms with Crippen molar-refractivity contribution < 1.29 is 4.79 Å². The Kier molecular flexibility index (Phi) is 4.99. The molecule has 0 unspecified atom stereocenters. The number of carbonyl (C=O) groups is 1. The SMILES string of the molecule is O=C(NC1CCSCC1)c1ccc(I)c(Cl)c1. The van der Waals surface area contributed by atoms with Gasteiger partial charge in [0, 0.05) is 15.2 Å². The number of nitrogens with one attached hydrogen (secondary N) is 1. The molecule has 17 heavy (non-hydrogen) atoms. The molecule has 0 bridgehead atoms. The minimum Gasteiger partial charge on any atom is -0.349 e. The van der Waals surface area contributed by atoms with E-state index in [2.05, 4.69) is 27.9 Å². The largest absolute Gasteiger partial charge is 0.349 e. The van der Waals surface area contributed by atoms with Crippen LogP contribution in [-0.2, 0) is 0 Å². The quantitative estimate of drug-likeness (QED) is 0.794. The van der Waals surface area contributed by atoms with E-state index < -0.39 is 0 Å². The van der Waals surface area contributed by atoms with Gasteiger partial charge in [0.2, 0.25) is 0 Å². The maximum atomic E-state index is 12.0. The topological polar surface area (TPSA) is 29.1 Å².